The van der Waals surface area contributed by atoms with E-state index in [-0.39, 0.29) is 23.2 Å². The fourth-order valence-corrected chi connectivity index (χ4v) is 4.06. The van der Waals surface area contributed by atoms with Crippen molar-refractivity contribution in [2.45, 2.75) is 17.7 Å². The van der Waals surface area contributed by atoms with Crippen LogP contribution in [0.2, 0.25) is 5.02 Å². The zero-order chi connectivity index (χ0) is 15.6. The van der Waals surface area contributed by atoms with Gasteiger partial charge in [-0.15, -0.1) is 0 Å². The summed E-state index contributed by atoms with van der Waals surface area (Å²) in [6.07, 6.45) is 1.98. The second kappa shape index (κ2) is 6.48. The molecule has 8 heteroatoms. The molecule has 0 spiro atoms. The van der Waals surface area contributed by atoms with E-state index in [2.05, 4.69) is 9.62 Å². The van der Waals surface area contributed by atoms with Gasteiger partial charge in [-0.1, -0.05) is 11.6 Å². The lowest BCUT2D eigenvalue weighted by molar-refractivity contribution is 0.211. The van der Waals surface area contributed by atoms with Gasteiger partial charge in [-0.2, -0.15) is 0 Å². The molecule has 1 atom stereocenters. The fraction of sp³-hybridized carbons (Fsp3) is 0.538. The zero-order valence-corrected chi connectivity index (χ0v) is 13.3. The van der Waals surface area contributed by atoms with Gasteiger partial charge >= 0.3 is 0 Å². The van der Waals surface area contributed by atoms with Crippen molar-refractivity contribution in [1.29, 1.82) is 0 Å². The quantitative estimate of drug-likeness (QED) is 0.821. The highest BCUT2D eigenvalue weighted by Crippen LogP contribution is 2.25. The molecule has 0 amide bonds. The Bertz CT molecular complexity index is 624. The van der Waals surface area contributed by atoms with Crippen molar-refractivity contribution in [3.8, 4) is 0 Å². The van der Waals surface area contributed by atoms with E-state index in [0.29, 0.717) is 0 Å². The van der Waals surface area contributed by atoms with Gasteiger partial charge in [-0.3, -0.25) is 0 Å². The van der Waals surface area contributed by atoms with E-state index in [1.54, 1.807) is 0 Å². The Morgan fingerprint density at radius 3 is 2.90 bits per heavy atom. The lowest BCUT2D eigenvalue weighted by Gasteiger charge is -2.29. The van der Waals surface area contributed by atoms with Crippen LogP contribution >= 0.6 is 11.6 Å². The van der Waals surface area contributed by atoms with Crippen LogP contribution in [0.1, 0.15) is 12.8 Å². The van der Waals surface area contributed by atoms with Gasteiger partial charge in [0, 0.05) is 18.1 Å². The summed E-state index contributed by atoms with van der Waals surface area (Å²) in [6, 6.07) is 2.26. The van der Waals surface area contributed by atoms with Gasteiger partial charge in [-0.05, 0) is 44.5 Å². The summed E-state index contributed by atoms with van der Waals surface area (Å²) >= 11 is 5.75. The molecule has 1 aromatic rings. The summed E-state index contributed by atoms with van der Waals surface area (Å²) in [7, 11) is -1.96. The van der Waals surface area contributed by atoms with Crippen LogP contribution < -0.4 is 10.5 Å². The molecule has 1 unspecified atom stereocenters. The number of nitrogens with two attached hydrogens (primary N) is 1. The number of hydrogen-bond acceptors (Lipinski definition) is 4. The van der Waals surface area contributed by atoms with Crippen LogP contribution in [-0.4, -0.2) is 40.0 Å². The molecule has 0 aliphatic carbocycles. The lowest BCUT2D eigenvalue weighted by atomic mass is 9.99. The molecule has 1 aromatic carbocycles. The molecule has 1 aliphatic rings. The van der Waals surface area contributed by atoms with E-state index in [9.17, 15) is 12.8 Å². The largest absolute Gasteiger partial charge is 0.396 e. The minimum Gasteiger partial charge on any atom is -0.396 e. The van der Waals surface area contributed by atoms with E-state index >= 15 is 0 Å². The Balaban J connectivity index is 2.12. The first kappa shape index (κ1) is 16.5. The number of likely N-dealkylation sites (tertiary alicyclic amines) is 1. The first-order chi connectivity index (χ1) is 9.79. The molecule has 21 heavy (non-hydrogen) atoms. The Kier molecular flexibility index (Phi) is 5.08. The Hall–Kier alpha value is -0.890. The molecule has 1 saturated heterocycles. The minimum atomic E-state index is -3.96. The molecule has 118 valence electrons. The maximum atomic E-state index is 13.9. The number of nitrogens with zero attached hydrogens (tertiary/aromatic N) is 1. The third-order valence-electron chi connectivity index (χ3n) is 3.61. The highest BCUT2D eigenvalue weighted by atomic mass is 35.5. The van der Waals surface area contributed by atoms with Crippen molar-refractivity contribution < 1.29 is 12.8 Å². The van der Waals surface area contributed by atoms with Crippen LogP contribution in [-0.2, 0) is 10.0 Å². The van der Waals surface area contributed by atoms with E-state index in [1.807, 2.05) is 7.05 Å². The first-order valence-corrected chi connectivity index (χ1v) is 8.58. The number of anilines is 1. The summed E-state index contributed by atoms with van der Waals surface area (Å²) < 4.78 is 40.8. The molecule has 1 aliphatic heterocycles. The summed E-state index contributed by atoms with van der Waals surface area (Å²) in [4.78, 5) is 1.65. The van der Waals surface area contributed by atoms with Crippen LogP contribution in [0, 0.1) is 11.7 Å². The highest BCUT2D eigenvalue weighted by molar-refractivity contribution is 7.89. The molecule has 0 radical (unpaired) electrons. The number of halogens is 2. The molecule has 5 nitrogen and oxygen atoms in total. The Morgan fingerprint density at radius 2 is 2.24 bits per heavy atom. The molecule has 2 rings (SSSR count). The normalized spacial score (nSPS) is 20.6. The Morgan fingerprint density at radius 1 is 1.52 bits per heavy atom. The van der Waals surface area contributed by atoms with Crippen molar-refractivity contribution in [2.24, 2.45) is 5.92 Å². The predicted molar refractivity (Wildman–Crippen MR) is 81.2 cm³/mol. The van der Waals surface area contributed by atoms with Crippen molar-refractivity contribution in [1.82, 2.24) is 9.62 Å². The van der Waals surface area contributed by atoms with Gasteiger partial charge in [0.2, 0.25) is 10.0 Å². The van der Waals surface area contributed by atoms with Gasteiger partial charge in [0.05, 0.1) is 5.69 Å². The van der Waals surface area contributed by atoms with Crippen molar-refractivity contribution in [3.05, 3.63) is 23.0 Å². The Labute approximate surface area is 129 Å². The van der Waals surface area contributed by atoms with Crippen LogP contribution in [0.4, 0.5) is 10.1 Å². The molecule has 3 N–H and O–H groups in total. The smallest absolute Gasteiger partial charge is 0.243 e. The van der Waals surface area contributed by atoms with E-state index in [1.165, 1.54) is 6.07 Å². The summed E-state index contributed by atoms with van der Waals surface area (Å²) in [5.74, 6) is -0.745. The van der Waals surface area contributed by atoms with Crippen LogP contribution in [0.5, 0.6) is 0 Å². The van der Waals surface area contributed by atoms with Gasteiger partial charge in [0.15, 0.2) is 5.82 Å². The number of sulfonamides is 1. The number of nitrogens with one attached hydrogen (secondary N) is 1. The molecule has 1 fully saturated rings. The summed E-state index contributed by atoms with van der Waals surface area (Å²) in [6.45, 7) is 2.12. The molecular weight excluding hydrogens is 317 g/mol. The standard InChI is InChI=1S/C13H19ClFN3O2S/c1-18-4-2-3-9(8-18)7-17-21(19,20)12-6-10(14)5-11(16)13(12)15/h5-6,9,17H,2-4,7-8,16H2,1H3. The van der Waals surface area contributed by atoms with Crippen molar-refractivity contribution >= 4 is 27.3 Å². The topological polar surface area (TPSA) is 75.4 Å². The number of benzene rings is 1. The molecule has 0 aromatic heterocycles. The number of nitrogen functional groups attached to an aromatic ring is 1. The van der Waals surface area contributed by atoms with E-state index in [4.69, 9.17) is 17.3 Å². The minimum absolute atomic E-state index is 0.0895. The highest BCUT2D eigenvalue weighted by Gasteiger charge is 2.24. The van der Waals surface area contributed by atoms with Crippen molar-refractivity contribution in [3.63, 3.8) is 0 Å². The van der Waals surface area contributed by atoms with Crippen LogP contribution in [0.25, 0.3) is 0 Å². The van der Waals surface area contributed by atoms with E-state index in [0.717, 1.165) is 32.0 Å². The maximum Gasteiger partial charge on any atom is 0.243 e. The van der Waals surface area contributed by atoms with E-state index < -0.39 is 20.7 Å². The van der Waals surface area contributed by atoms with Crippen molar-refractivity contribution in [2.75, 3.05) is 32.4 Å². The van der Waals surface area contributed by atoms with Gasteiger partial charge in [0.25, 0.3) is 0 Å². The SMILES string of the molecule is CN1CCCC(CNS(=O)(=O)c2cc(Cl)cc(N)c2F)C1. The molecular formula is C13H19ClFN3O2S. The summed E-state index contributed by atoms with van der Waals surface area (Å²) in [5.41, 5.74) is 5.14. The van der Waals surface area contributed by atoms with Crippen LogP contribution in [0.3, 0.4) is 0 Å². The number of piperidine rings is 1. The number of rotatable bonds is 4. The van der Waals surface area contributed by atoms with Crippen LogP contribution in [0.15, 0.2) is 17.0 Å². The average Bonchev–Trinajstić information content (AvgIpc) is 2.41. The first-order valence-electron chi connectivity index (χ1n) is 6.72. The third-order valence-corrected chi connectivity index (χ3v) is 5.25. The monoisotopic (exact) mass is 335 g/mol. The predicted octanol–water partition coefficient (Wildman–Crippen LogP) is 1.68. The maximum absolute atomic E-state index is 13.9. The molecule has 0 saturated carbocycles. The van der Waals surface area contributed by atoms with Gasteiger partial charge in [-0.25, -0.2) is 17.5 Å². The van der Waals surface area contributed by atoms with Gasteiger partial charge in [0.1, 0.15) is 4.90 Å². The molecule has 0 bridgehead atoms. The third kappa shape index (κ3) is 4.06. The lowest BCUT2D eigenvalue weighted by Crippen LogP contribution is -2.39. The second-order valence-electron chi connectivity index (χ2n) is 5.43. The average molecular weight is 336 g/mol. The zero-order valence-electron chi connectivity index (χ0n) is 11.8. The molecule has 1 heterocycles. The fourth-order valence-electron chi connectivity index (χ4n) is 2.53. The van der Waals surface area contributed by atoms with Gasteiger partial charge < -0.3 is 10.6 Å². The second-order valence-corrected chi connectivity index (χ2v) is 7.60. The number of hydrogen-bond donors (Lipinski definition) is 2. The summed E-state index contributed by atoms with van der Waals surface area (Å²) in [5, 5.41) is 0.0895.